The molecule has 2 atom stereocenters. The van der Waals surface area contributed by atoms with E-state index in [-0.39, 0.29) is 11.3 Å². The molecule has 1 amide bonds. The van der Waals surface area contributed by atoms with Crippen molar-refractivity contribution >= 4 is 23.6 Å². The Morgan fingerprint density at radius 2 is 1.92 bits per heavy atom. The summed E-state index contributed by atoms with van der Waals surface area (Å²) in [5.74, 6) is -1.73. The van der Waals surface area contributed by atoms with Gasteiger partial charge in [0.1, 0.15) is 0 Å². The van der Waals surface area contributed by atoms with Gasteiger partial charge in [-0.2, -0.15) is 0 Å². The second-order valence-electron chi connectivity index (χ2n) is 5.61. The van der Waals surface area contributed by atoms with Crippen molar-refractivity contribution in [3.63, 3.8) is 0 Å². The number of carbonyl (C=O) groups excluding carboxylic acids is 1. The average molecular weight is 377 g/mol. The van der Waals surface area contributed by atoms with Crippen LogP contribution in [0.25, 0.3) is 0 Å². The van der Waals surface area contributed by atoms with Crippen LogP contribution in [0.2, 0.25) is 0 Å². The van der Waals surface area contributed by atoms with Crippen LogP contribution in [0.1, 0.15) is 24.1 Å². The van der Waals surface area contributed by atoms with Gasteiger partial charge in [-0.3, -0.25) is 4.79 Å². The van der Waals surface area contributed by atoms with E-state index < -0.39 is 29.0 Å². The first kappa shape index (κ1) is 19.8. The van der Waals surface area contributed by atoms with E-state index in [1.54, 1.807) is 6.92 Å². The number of ether oxygens (including phenoxy) is 1. The van der Waals surface area contributed by atoms with Gasteiger partial charge in [0.25, 0.3) is 0 Å². The largest absolute Gasteiger partial charge is 0.494 e. The standard InChI is InChI=1S/C19H20FNO4S/c1-12(26-11-13-6-4-3-5-7-13)18(22)21-17(19(23)24)14-8-9-16(25-2)15(20)10-14/h3-10,12,17H,11H2,1-2H3,(H,21,22)(H,23,24). The first-order chi connectivity index (χ1) is 12.4. The summed E-state index contributed by atoms with van der Waals surface area (Å²) in [6, 6.07) is 12.1. The van der Waals surface area contributed by atoms with Crippen molar-refractivity contribution in [3.05, 3.63) is 65.5 Å². The van der Waals surface area contributed by atoms with E-state index in [1.165, 1.54) is 31.0 Å². The maximum atomic E-state index is 13.8. The van der Waals surface area contributed by atoms with Gasteiger partial charge in [-0.15, -0.1) is 11.8 Å². The normalized spacial score (nSPS) is 12.9. The van der Waals surface area contributed by atoms with Gasteiger partial charge in [-0.1, -0.05) is 36.4 Å². The number of amides is 1. The molecule has 0 bridgehead atoms. The smallest absolute Gasteiger partial charge is 0.330 e. The molecule has 2 unspecified atom stereocenters. The van der Waals surface area contributed by atoms with Crippen molar-refractivity contribution in [1.29, 1.82) is 0 Å². The van der Waals surface area contributed by atoms with E-state index in [2.05, 4.69) is 5.32 Å². The lowest BCUT2D eigenvalue weighted by molar-refractivity contribution is -0.141. The van der Waals surface area contributed by atoms with Crippen LogP contribution >= 0.6 is 11.8 Å². The number of carbonyl (C=O) groups is 2. The van der Waals surface area contributed by atoms with Crippen molar-refractivity contribution in [2.75, 3.05) is 7.11 Å². The number of carboxylic acids is 1. The molecule has 138 valence electrons. The summed E-state index contributed by atoms with van der Waals surface area (Å²) in [4.78, 5) is 23.9. The Morgan fingerprint density at radius 1 is 1.23 bits per heavy atom. The molecule has 26 heavy (non-hydrogen) atoms. The molecule has 0 saturated carbocycles. The molecule has 0 saturated heterocycles. The summed E-state index contributed by atoms with van der Waals surface area (Å²) in [7, 11) is 1.32. The van der Waals surface area contributed by atoms with Crippen molar-refractivity contribution in [2.24, 2.45) is 0 Å². The molecule has 0 aliphatic rings. The van der Waals surface area contributed by atoms with Gasteiger partial charge in [0.2, 0.25) is 5.91 Å². The molecule has 0 spiro atoms. The van der Waals surface area contributed by atoms with Gasteiger partial charge in [-0.25, -0.2) is 9.18 Å². The topological polar surface area (TPSA) is 75.6 Å². The molecular formula is C19H20FNO4S. The van der Waals surface area contributed by atoms with E-state index in [1.807, 2.05) is 30.3 Å². The zero-order chi connectivity index (χ0) is 19.1. The first-order valence-electron chi connectivity index (χ1n) is 7.94. The Balaban J connectivity index is 2.03. The Hall–Kier alpha value is -2.54. The van der Waals surface area contributed by atoms with E-state index in [4.69, 9.17) is 4.74 Å². The molecule has 0 heterocycles. The Morgan fingerprint density at radius 3 is 2.50 bits per heavy atom. The summed E-state index contributed by atoms with van der Waals surface area (Å²) in [5.41, 5.74) is 1.22. The van der Waals surface area contributed by atoms with Crippen LogP contribution in [-0.4, -0.2) is 29.3 Å². The summed E-state index contributed by atoms with van der Waals surface area (Å²) in [5, 5.41) is 11.4. The molecule has 0 aliphatic carbocycles. The fourth-order valence-corrected chi connectivity index (χ4v) is 3.13. The van der Waals surface area contributed by atoms with Gasteiger partial charge in [0.15, 0.2) is 17.6 Å². The molecular weight excluding hydrogens is 357 g/mol. The number of rotatable bonds is 8. The molecule has 7 heteroatoms. The number of aliphatic carboxylic acids is 1. The van der Waals surface area contributed by atoms with Crippen molar-refractivity contribution in [2.45, 2.75) is 24.0 Å². The van der Waals surface area contributed by atoms with E-state index in [9.17, 15) is 19.1 Å². The van der Waals surface area contributed by atoms with Crippen LogP contribution < -0.4 is 10.1 Å². The zero-order valence-electron chi connectivity index (χ0n) is 14.4. The second-order valence-corrected chi connectivity index (χ2v) is 6.94. The van der Waals surface area contributed by atoms with E-state index in [0.717, 1.165) is 11.6 Å². The van der Waals surface area contributed by atoms with Gasteiger partial charge in [0, 0.05) is 5.75 Å². The fraction of sp³-hybridized carbons (Fsp3) is 0.263. The molecule has 2 N–H and O–H groups in total. The fourth-order valence-electron chi connectivity index (χ4n) is 2.28. The van der Waals surface area contributed by atoms with Crippen molar-refractivity contribution < 1.29 is 23.8 Å². The third-order valence-corrected chi connectivity index (χ3v) is 4.97. The van der Waals surface area contributed by atoms with Crippen LogP contribution in [0.5, 0.6) is 5.75 Å². The monoisotopic (exact) mass is 377 g/mol. The second kappa shape index (κ2) is 9.24. The average Bonchev–Trinajstić information content (AvgIpc) is 2.64. The van der Waals surface area contributed by atoms with E-state index in [0.29, 0.717) is 5.75 Å². The lowest BCUT2D eigenvalue weighted by Crippen LogP contribution is -2.38. The van der Waals surface area contributed by atoms with Crippen LogP contribution in [-0.2, 0) is 15.3 Å². The number of thioether (sulfide) groups is 1. The van der Waals surface area contributed by atoms with Gasteiger partial charge < -0.3 is 15.2 Å². The quantitative estimate of drug-likeness (QED) is 0.737. The maximum absolute atomic E-state index is 13.8. The number of halogens is 1. The number of nitrogens with one attached hydrogen (secondary N) is 1. The van der Waals surface area contributed by atoms with Gasteiger partial charge >= 0.3 is 5.97 Å². The molecule has 2 aromatic carbocycles. The SMILES string of the molecule is COc1ccc(C(NC(=O)C(C)SCc2ccccc2)C(=O)O)cc1F. The predicted molar refractivity (Wildman–Crippen MR) is 98.7 cm³/mol. The molecule has 0 aliphatic heterocycles. The summed E-state index contributed by atoms with van der Waals surface area (Å²) in [6.07, 6.45) is 0. The number of methoxy groups -OCH3 is 1. The molecule has 2 aromatic rings. The lowest BCUT2D eigenvalue weighted by Gasteiger charge is -2.18. The van der Waals surface area contributed by atoms with Gasteiger partial charge in [0.05, 0.1) is 12.4 Å². The number of hydrogen-bond acceptors (Lipinski definition) is 4. The highest BCUT2D eigenvalue weighted by Gasteiger charge is 2.25. The zero-order valence-corrected chi connectivity index (χ0v) is 15.3. The Kier molecular flexibility index (Phi) is 7.03. The van der Waals surface area contributed by atoms with E-state index >= 15 is 0 Å². The third-order valence-electron chi connectivity index (χ3n) is 3.75. The highest BCUT2D eigenvalue weighted by atomic mass is 32.2. The first-order valence-corrected chi connectivity index (χ1v) is 8.99. The Labute approximate surface area is 155 Å². The highest BCUT2D eigenvalue weighted by molar-refractivity contribution is 7.99. The molecule has 2 rings (SSSR count). The van der Waals surface area contributed by atoms with Crippen LogP contribution in [0, 0.1) is 5.82 Å². The van der Waals surface area contributed by atoms with Crippen molar-refractivity contribution in [3.8, 4) is 5.75 Å². The van der Waals surface area contributed by atoms with Crippen LogP contribution in [0.4, 0.5) is 4.39 Å². The highest BCUT2D eigenvalue weighted by Crippen LogP contribution is 2.23. The number of carboxylic acid groups (broad SMARTS) is 1. The number of benzene rings is 2. The van der Waals surface area contributed by atoms with Gasteiger partial charge in [-0.05, 0) is 30.2 Å². The predicted octanol–water partition coefficient (Wildman–Crippen LogP) is 3.40. The minimum atomic E-state index is -1.33. The number of hydrogen-bond donors (Lipinski definition) is 2. The molecule has 0 radical (unpaired) electrons. The van der Waals surface area contributed by atoms with Crippen LogP contribution in [0.15, 0.2) is 48.5 Å². The summed E-state index contributed by atoms with van der Waals surface area (Å²) in [6.45, 7) is 1.70. The Bertz CT molecular complexity index is 769. The maximum Gasteiger partial charge on any atom is 0.330 e. The van der Waals surface area contributed by atoms with Crippen LogP contribution in [0.3, 0.4) is 0 Å². The minimum Gasteiger partial charge on any atom is -0.494 e. The molecule has 5 nitrogen and oxygen atoms in total. The minimum absolute atomic E-state index is 0.0102. The van der Waals surface area contributed by atoms with Crippen molar-refractivity contribution in [1.82, 2.24) is 5.32 Å². The molecule has 0 aromatic heterocycles. The summed E-state index contributed by atoms with van der Waals surface area (Å²) >= 11 is 1.40. The summed E-state index contributed by atoms with van der Waals surface area (Å²) < 4.78 is 18.7. The third kappa shape index (κ3) is 5.23. The lowest BCUT2D eigenvalue weighted by atomic mass is 10.1. The molecule has 0 fully saturated rings.